The Balaban J connectivity index is 1.13. The molecule has 0 spiro atoms. The molecule has 2 aliphatic carbocycles. The predicted octanol–water partition coefficient (Wildman–Crippen LogP) is 6.87. The first-order valence-electron chi connectivity index (χ1n) is 15.4. The normalized spacial score (nSPS) is 23.6. The first-order valence-corrected chi connectivity index (χ1v) is 15.4. The number of carbonyl (C=O) groups is 1. The van der Waals surface area contributed by atoms with Gasteiger partial charge in [-0.3, -0.25) is 9.89 Å². The molecule has 2 aromatic heterocycles. The van der Waals surface area contributed by atoms with Gasteiger partial charge in [0.05, 0.1) is 11.7 Å². The van der Waals surface area contributed by atoms with Gasteiger partial charge in [-0.2, -0.15) is 9.90 Å². The molecule has 0 unspecified atom stereocenters. The van der Waals surface area contributed by atoms with Crippen LogP contribution >= 0.6 is 0 Å². The number of aromatic nitrogens is 6. The number of nitrogens with one attached hydrogen (secondary N) is 2. The molecule has 4 aromatic rings. The van der Waals surface area contributed by atoms with Gasteiger partial charge in [0, 0.05) is 17.7 Å². The van der Waals surface area contributed by atoms with Crippen molar-refractivity contribution in [3.63, 3.8) is 0 Å². The number of nitrogens with zero attached hydrogens (tertiary/aromatic N) is 5. The zero-order chi connectivity index (χ0) is 29.6. The maximum absolute atomic E-state index is 13.3. The van der Waals surface area contributed by atoms with Crippen molar-refractivity contribution in [3.8, 4) is 22.6 Å². The minimum Gasteiger partial charge on any atom is -0.350 e. The number of aromatic amines is 1. The number of aryl methyl sites for hydroxylation is 1. The number of rotatable bonds is 7. The van der Waals surface area contributed by atoms with Gasteiger partial charge in [0.2, 0.25) is 5.82 Å². The molecule has 8 heteroatoms. The molecule has 42 heavy (non-hydrogen) atoms. The van der Waals surface area contributed by atoms with E-state index in [1.807, 2.05) is 44.2 Å². The minimum atomic E-state index is -0.105. The maximum atomic E-state index is 13.3. The highest BCUT2D eigenvalue weighted by Gasteiger charge is 2.51. The van der Waals surface area contributed by atoms with Gasteiger partial charge < -0.3 is 5.32 Å². The Morgan fingerprint density at radius 3 is 2.52 bits per heavy atom. The molecule has 3 atom stereocenters. The van der Waals surface area contributed by atoms with Crippen molar-refractivity contribution in [2.75, 3.05) is 6.54 Å². The first kappa shape index (κ1) is 28.3. The van der Waals surface area contributed by atoms with E-state index >= 15 is 0 Å². The van der Waals surface area contributed by atoms with Crippen molar-refractivity contribution in [3.05, 3.63) is 70.9 Å². The molecule has 0 bridgehead atoms. The third-order valence-electron chi connectivity index (χ3n) is 9.97. The second-order valence-corrected chi connectivity index (χ2v) is 13.5. The lowest BCUT2D eigenvalue weighted by atomic mass is 9.49. The van der Waals surface area contributed by atoms with Gasteiger partial charge in [-0.1, -0.05) is 76.6 Å². The van der Waals surface area contributed by atoms with E-state index in [0.717, 1.165) is 29.7 Å². The molecule has 0 aliphatic heterocycles. The van der Waals surface area contributed by atoms with Crippen molar-refractivity contribution in [2.24, 2.45) is 11.3 Å². The fourth-order valence-corrected chi connectivity index (χ4v) is 7.53. The topological polar surface area (TPSA) is 101 Å². The zero-order valence-corrected chi connectivity index (χ0v) is 25.7. The van der Waals surface area contributed by atoms with E-state index in [1.165, 1.54) is 36.0 Å². The van der Waals surface area contributed by atoms with Gasteiger partial charge >= 0.3 is 0 Å². The van der Waals surface area contributed by atoms with Crippen LogP contribution in [0.25, 0.3) is 22.6 Å². The summed E-state index contributed by atoms with van der Waals surface area (Å²) in [5.41, 5.74) is 7.70. The molecular formula is C34H43N7O. The molecule has 0 radical (unpaired) electrons. The predicted molar refractivity (Wildman–Crippen MR) is 165 cm³/mol. The average molecular weight is 566 g/mol. The quantitative estimate of drug-likeness (QED) is 0.254. The van der Waals surface area contributed by atoms with Crippen LogP contribution in [0.4, 0.5) is 0 Å². The van der Waals surface area contributed by atoms with Crippen LogP contribution in [0.5, 0.6) is 0 Å². The van der Waals surface area contributed by atoms with Gasteiger partial charge in [-0.15, -0.1) is 10.2 Å². The van der Waals surface area contributed by atoms with Crippen LogP contribution in [-0.2, 0) is 11.8 Å². The smallest absolute Gasteiger partial charge is 0.269 e. The summed E-state index contributed by atoms with van der Waals surface area (Å²) in [6.45, 7) is 14.1. The van der Waals surface area contributed by atoms with Crippen molar-refractivity contribution >= 4 is 5.91 Å². The number of benzene rings is 2. The highest BCUT2D eigenvalue weighted by Crippen LogP contribution is 2.57. The molecule has 2 aliphatic rings. The van der Waals surface area contributed by atoms with Crippen LogP contribution in [0.3, 0.4) is 0 Å². The van der Waals surface area contributed by atoms with E-state index in [9.17, 15) is 4.79 Å². The summed E-state index contributed by atoms with van der Waals surface area (Å²) in [4.78, 5) is 14.9. The number of hydrogen-bond donors (Lipinski definition) is 2. The van der Waals surface area contributed by atoms with E-state index in [-0.39, 0.29) is 22.8 Å². The SMILES string of the molecule is CC(C)c1ccc2c(c1)CC[C@H]1[C@](C)(CNC(=O)c3cc(-c4ccc(-c5nnn(C(C)C)n5)cc4)n[nH]3)CCC[C@]21C. The van der Waals surface area contributed by atoms with Crippen LogP contribution in [0.2, 0.25) is 0 Å². The summed E-state index contributed by atoms with van der Waals surface area (Å²) in [6.07, 6.45) is 5.81. The van der Waals surface area contributed by atoms with Crippen molar-refractivity contribution in [1.82, 2.24) is 35.7 Å². The monoisotopic (exact) mass is 565 g/mol. The Morgan fingerprint density at radius 1 is 1.05 bits per heavy atom. The Bertz CT molecular complexity index is 1580. The lowest BCUT2D eigenvalue weighted by Crippen LogP contribution is -2.53. The second-order valence-electron chi connectivity index (χ2n) is 13.5. The molecule has 6 rings (SSSR count). The van der Waals surface area contributed by atoms with Crippen LogP contribution in [0.1, 0.15) is 106 Å². The summed E-state index contributed by atoms with van der Waals surface area (Å²) in [6, 6.07) is 17.0. The summed E-state index contributed by atoms with van der Waals surface area (Å²) >= 11 is 0. The number of fused-ring (bicyclic) bond motifs is 3. The van der Waals surface area contributed by atoms with Gasteiger partial charge in [-0.05, 0) is 90.2 Å². The number of amides is 1. The van der Waals surface area contributed by atoms with E-state index in [0.29, 0.717) is 29.9 Å². The second kappa shape index (κ2) is 10.8. The van der Waals surface area contributed by atoms with Crippen molar-refractivity contribution in [1.29, 1.82) is 0 Å². The number of tetrazole rings is 1. The third-order valence-corrected chi connectivity index (χ3v) is 9.97. The van der Waals surface area contributed by atoms with E-state index in [1.54, 1.807) is 4.80 Å². The molecule has 0 saturated heterocycles. The molecule has 2 aromatic carbocycles. The number of carbonyl (C=O) groups excluding carboxylic acids is 1. The minimum absolute atomic E-state index is 0.0429. The molecule has 1 fully saturated rings. The molecule has 1 saturated carbocycles. The summed E-state index contributed by atoms with van der Waals surface area (Å²) < 4.78 is 0. The van der Waals surface area contributed by atoms with E-state index < -0.39 is 0 Å². The summed E-state index contributed by atoms with van der Waals surface area (Å²) in [5.74, 6) is 1.56. The van der Waals surface area contributed by atoms with Crippen LogP contribution in [0, 0.1) is 11.3 Å². The van der Waals surface area contributed by atoms with Crippen LogP contribution in [0.15, 0.2) is 48.5 Å². The van der Waals surface area contributed by atoms with Gasteiger partial charge in [-0.25, -0.2) is 0 Å². The first-order chi connectivity index (χ1) is 20.1. The molecule has 2 heterocycles. The van der Waals surface area contributed by atoms with Gasteiger partial charge in [0.25, 0.3) is 5.91 Å². The van der Waals surface area contributed by atoms with Crippen molar-refractivity contribution in [2.45, 2.75) is 91.0 Å². The Morgan fingerprint density at radius 2 is 1.81 bits per heavy atom. The lowest BCUT2D eigenvalue weighted by Gasteiger charge is -2.55. The average Bonchev–Trinajstić information content (AvgIpc) is 3.67. The molecule has 2 N–H and O–H groups in total. The number of hydrogen-bond acceptors (Lipinski definition) is 5. The third kappa shape index (κ3) is 5.05. The maximum Gasteiger partial charge on any atom is 0.269 e. The zero-order valence-electron chi connectivity index (χ0n) is 25.7. The summed E-state index contributed by atoms with van der Waals surface area (Å²) in [7, 11) is 0. The van der Waals surface area contributed by atoms with Crippen LogP contribution in [-0.4, -0.2) is 42.9 Å². The highest BCUT2D eigenvalue weighted by molar-refractivity contribution is 5.93. The van der Waals surface area contributed by atoms with Gasteiger partial charge in [0.15, 0.2) is 0 Å². The fourth-order valence-electron chi connectivity index (χ4n) is 7.53. The molecule has 220 valence electrons. The highest BCUT2D eigenvalue weighted by atomic mass is 16.1. The Kier molecular flexibility index (Phi) is 7.27. The van der Waals surface area contributed by atoms with Gasteiger partial charge in [0.1, 0.15) is 5.69 Å². The number of H-pyrrole nitrogens is 1. The van der Waals surface area contributed by atoms with Crippen LogP contribution < -0.4 is 5.32 Å². The standard InChI is InChI=1S/C34H43N7O/c1-21(2)25-12-14-27-26(18-25)13-15-30-33(5,16-7-17-34(27,30)6)20-35-32(42)29-19-28(36-37-29)23-8-10-24(11-9-23)31-38-40-41(39-31)22(3)4/h8-12,14,18-19,21-22,30H,7,13,15-17,20H2,1-6H3,(H,35,42)(H,36,37)/t30-,33-,34+/m0/s1. The summed E-state index contributed by atoms with van der Waals surface area (Å²) in [5, 5.41) is 23.4. The lowest BCUT2D eigenvalue weighted by molar-refractivity contribution is 0.0254. The van der Waals surface area contributed by atoms with E-state index in [2.05, 4.69) is 76.8 Å². The molecule has 8 nitrogen and oxygen atoms in total. The van der Waals surface area contributed by atoms with E-state index in [4.69, 9.17) is 0 Å². The molecular weight excluding hydrogens is 522 g/mol. The largest absolute Gasteiger partial charge is 0.350 e. The Labute approximate surface area is 248 Å². The van der Waals surface area contributed by atoms with Crippen molar-refractivity contribution < 1.29 is 4.79 Å². The Hall–Kier alpha value is -3.81. The molecule has 1 amide bonds. The fraction of sp³-hybridized carbons (Fsp3) is 0.500.